The molecule has 0 saturated heterocycles. The summed E-state index contributed by atoms with van der Waals surface area (Å²) in [7, 11) is 2.62. The van der Waals surface area contributed by atoms with Crippen LogP contribution in [0.15, 0.2) is 27.6 Å². The van der Waals surface area contributed by atoms with Crippen molar-refractivity contribution in [2.24, 2.45) is 0 Å². The number of hydrogen-bond donors (Lipinski definition) is 0. The van der Waals surface area contributed by atoms with Crippen LogP contribution in [0.5, 0.6) is 0 Å². The molecule has 4 nitrogen and oxygen atoms in total. The molecule has 0 fully saturated rings. The van der Waals surface area contributed by atoms with E-state index >= 15 is 0 Å². The van der Waals surface area contributed by atoms with Gasteiger partial charge in [-0.15, -0.1) is 0 Å². The van der Waals surface area contributed by atoms with Gasteiger partial charge in [0.15, 0.2) is 0 Å². The third-order valence-electron chi connectivity index (χ3n) is 1.85. The molecule has 16 heavy (non-hydrogen) atoms. The SMILES string of the molecule is COC(=O)Cc1cccc(Br)c1S(=O)(=O)Cl. The van der Waals surface area contributed by atoms with Crippen molar-refractivity contribution >= 4 is 41.6 Å². The quantitative estimate of drug-likeness (QED) is 0.630. The van der Waals surface area contributed by atoms with Crippen LogP contribution < -0.4 is 0 Å². The number of esters is 1. The average Bonchev–Trinajstić information content (AvgIpc) is 2.15. The summed E-state index contributed by atoms with van der Waals surface area (Å²) in [6.07, 6.45) is -0.142. The fourth-order valence-corrected chi connectivity index (χ4v) is 3.82. The van der Waals surface area contributed by atoms with Gasteiger partial charge in [-0.05, 0) is 27.6 Å². The van der Waals surface area contributed by atoms with Crippen molar-refractivity contribution in [3.8, 4) is 0 Å². The number of carbonyl (C=O) groups is 1. The van der Waals surface area contributed by atoms with Crippen LogP contribution in [0.4, 0.5) is 0 Å². The van der Waals surface area contributed by atoms with Gasteiger partial charge >= 0.3 is 5.97 Å². The van der Waals surface area contributed by atoms with E-state index in [0.717, 1.165) is 0 Å². The first-order chi connectivity index (χ1) is 7.36. The van der Waals surface area contributed by atoms with Crippen LogP contribution >= 0.6 is 26.6 Å². The van der Waals surface area contributed by atoms with E-state index in [1.807, 2.05) is 0 Å². The fourth-order valence-electron chi connectivity index (χ4n) is 1.19. The molecule has 0 aliphatic carbocycles. The number of methoxy groups -OCH3 is 1. The van der Waals surface area contributed by atoms with E-state index < -0.39 is 15.0 Å². The molecular weight excluding hydrogens is 320 g/mol. The fraction of sp³-hybridized carbons (Fsp3) is 0.222. The van der Waals surface area contributed by atoms with Crippen LogP contribution in [0.25, 0.3) is 0 Å². The lowest BCUT2D eigenvalue weighted by molar-refractivity contribution is -0.139. The second-order valence-electron chi connectivity index (χ2n) is 2.92. The normalized spacial score (nSPS) is 11.2. The maximum atomic E-state index is 11.3. The zero-order valence-electron chi connectivity index (χ0n) is 8.24. The van der Waals surface area contributed by atoms with E-state index in [0.29, 0.717) is 10.0 Å². The monoisotopic (exact) mass is 326 g/mol. The molecule has 0 unspecified atom stereocenters. The average molecular weight is 328 g/mol. The Balaban J connectivity index is 3.30. The van der Waals surface area contributed by atoms with Gasteiger partial charge in [0, 0.05) is 15.2 Å². The van der Waals surface area contributed by atoms with Crippen molar-refractivity contribution in [2.45, 2.75) is 11.3 Å². The van der Waals surface area contributed by atoms with Crippen molar-refractivity contribution in [3.63, 3.8) is 0 Å². The molecule has 0 aromatic heterocycles. The first-order valence-electron chi connectivity index (χ1n) is 4.15. The van der Waals surface area contributed by atoms with Crippen molar-refractivity contribution in [1.29, 1.82) is 0 Å². The van der Waals surface area contributed by atoms with Gasteiger partial charge in [-0.25, -0.2) is 8.42 Å². The number of ether oxygens (including phenoxy) is 1. The third-order valence-corrected chi connectivity index (χ3v) is 4.21. The lowest BCUT2D eigenvalue weighted by Crippen LogP contribution is -2.08. The molecule has 1 rings (SSSR count). The van der Waals surface area contributed by atoms with E-state index in [2.05, 4.69) is 20.7 Å². The van der Waals surface area contributed by atoms with E-state index in [9.17, 15) is 13.2 Å². The predicted octanol–water partition coefficient (Wildman–Crippen LogP) is 2.09. The number of halogens is 2. The molecule has 0 N–H and O–H groups in total. The summed E-state index contributed by atoms with van der Waals surface area (Å²) in [5.41, 5.74) is 0.302. The Hall–Kier alpha value is -0.590. The minimum atomic E-state index is -3.90. The lowest BCUT2D eigenvalue weighted by atomic mass is 10.1. The molecule has 0 saturated carbocycles. The second kappa shape index (κ2) is 5.16. The Labute approximate surface area is 106 Å². The largest absolute Gasteiger partial charge is 0.469 e. The van der Waals surface area contributed by atoms with Crippen LogP contribution in [0.2, 0.25) is 0 Å². The molecule has 0 atom stereocenters. The van der Waals surface area contributed by atoms with Crippen LogP contribution in [-0.4, -0.2) is 21.5 Å². The minimum Gasteiger partial charge on any atom is -0.469 e. The van der Waals surface area contributed by atoms with Gasteiger partial charge in [0.1, 0.15) is 4.90 Å². The molecule has 7 heteroatoms. The van der Waals surface area contributed by atoms with Gasteiger partial charge < -0.3 is 4.74 Å². The van der Waals surface area contributed by atoms with Crippen molar-refractivity contribution in [3.05, 3.63) is 28.2 Å². The summed E-state index contributed by atoms with van der Waals surface area (Å²) < 4.78 is 27.4. The highest BCUT2D eigenvalue weighted by Gasteiger charge is 2.20. The molecule has 0 aliphatic rings. The van der Waals surface area contributed by atoms with E-state index in [1.54, 1.807) is 6.07 Å². The molecule has 1 aromatic rings. The van der Waals surface area contributed by atoms with E-state index in [-0.39, 0.29) is 11.3 Å². The van der Waals surface area contributed by atoms with E-state index in [1.165, 1.54) is 19.2 Å². The summed E-state index contributed by atoms with van der Waals surface area (Å²) in [6.45, 7) is 0. The molecular formula is C9H8BrClO4S. The summed E-state index contributed by atoms with van der Waals surface area (Å²) in [5.74, 6) is -0.528. The zero-order valence-corrected chi connectivity index (χ0v) is 11.4. The topological polar surface area (TPSA) is 60.4 Å². The number of benzene rings is 1. The molecule has 0 amide bonds. The lowest BCUT2D eigenvalue weighted by Gasteiger charge is -2.07. The molecule has 0 radical (unpaired) electrons. The first-order valence-corrected chi connectivity index (χ1v) is 7.25. The van der Waals surface area contributed by atoms with Crippen LogP contribution in [-0.2, 0) is 25.0 Å². The second-order valence-corrected chi connectivity index (χ2v) is 6.28. The van der Waals surface area contributed by atoms with Crippen molar-refractivity contribution in [2.75, 3.05) is 7.11 Å². The Morgan fingerprint density at radius 1 is 1.50 bits per heavy atom. The van der Waals surface area contributed by atoms with Gasteiger partial charge in [0.25, 0.3) is 9.05 Å². The van der Waals surface area contributed by atoms with Crippen molar-refractivity contribution < 1.29 is 17.9 Å². The molecule has 88 valence electrons. The summed E-state index contributed by atoms with van der Waals surface area (Å²) in [4.78, 5) is 11.0. The Bertz CT molecular complexity index is 512. The maximum Gasteiger partial charge on any atom is 0.310 e. The van der Waals surface area contributed by atoms with Crippen LogP contribution in [0.1, 0.15) is 5.56 Å². The summed E-state index contributed by atoms with van der Waals surface area (Å²) in [6, 6.07) is 4.67. The highest BCUT2D eigenvalue weighted by molar-refractivity contribution is 9.10. The molecule has 0 heterocycles. The minimum absolute atomic E-state index is 0.0953. The van der Waals surface area contributed by atoms with E-state index in [4.69, 9.17) is 10.7 Å². The highest BCUT2D eigenvalue weighted by Crippen LogP contribution is 2.29. The smallest absolute Gasteiger partial charge is 0.310 e. The van der Waals surface area contributed by atoms with Crippen molar-refractivity contribution in [1.82, 2.24) is 0 Å². The number of rotatable bonds is 3. The Kier molecular flexibility index (Phi) is 4.35. The van der Waals surface area contributed by atoms with Gasteiger partial charge in [-0.3, -0.25) is 4.79 Å². The third kappa shape index (κ3) is 3.20. The molecule has 1 aromatic carbocycles. The Morgan fingerprint density at radius 3 is 2.62 bits per heavy atom. The number of carbonyl (C=O) groups excluding carboxylic acids is 1. The highest BCUT2D eigenvalue weighted by atomic mass is 79.9. The van der Waals surface area contributed by atoms with Crippen LogP contribution in [0.3, 0.4) is 0 Å². The van der Waals surface area contributed by atoms with Gasteiger partial charge in [-0.1, -0.05) is 12.1 Å². The zero-order chi connectivity index (χ0) is 12.3. The first kappa shape index (κ1) is 13.5. The predicted molar refractivity (Wildman–Crippen MR) is 62.9 cm³/mol. The van der Waals surface area contributed by atoms with Gasteiger partial charge in [0.05, 0.1) is 13.5 Å². The van der Waals surface area contributed by atoms with Gasteiger partial charge in [0.2, 0.25) is 0 Å². The standard InChI is InChI=1S/C9H8BrClO4S/c1-15-8(12)5-6-3-2-4-7(10)9(6)16(11,13)14/h2-4H,5H2,1H3. The van der Waals surface area contributed by atoms with Gasteiger partial charge in [-0.2, -0.15) is 0 Å². The summed E-state index contributed by atoms with van der Waals surface area (Å²) >= 11 is 3.08. The Morgan fingerprint density at radius 2 is 2.12 bits per heavy atom. The molecule has 0 aliphatic heterocycles. The van der Waals surface area contributed by atoms with Crippen LogP contribution in [0, 0.1) is 0 Å². The number of hydrogen-bond acceptors (Lipinski definition) is 4. The summed E-state index contributed by atoms with van der Waals surface area (Å²) in [5, 5.41) is 0. The molecule has 0 bridgehead atoms. The maximum absolute atomic E-state index is 11.3. The molecule has 0 spiro atoms.